The molecule has 3 aromatic rings. The number of fused-ring (bicyclic) bond motifs is 1. The lowest BCUT2D eigenvalue weighted by Crippen LogP contribution is -2.11. The average Bonchev–Trinajstić information content (AvgIpc) is 2.83. The van der Waals surface area contributed by atoms with Gasteiger partial charge in [-0.1, -0.05) is 0 Å². The molecule has 0 aliphatic rings. The maximum absolute atomic E-state index is 13.6. The number of hydrogen-bond acceptors (Lipinski definition) is 6. The molecular formula is C13H11BrFN5S. The zero-order valence-corrected chi connectivity index (χ0v) is 13.3. The smallest absolute Gasteiger partial charge is 0.240 e. The summed E-state index contributed by atoms with van der Waals surface area (Å²) in [5, 5.41) is 3.98. The Balaban J connectivity index is 2.07. The van der Waals surface area contributed by atoms with Crippen LogP contribution in [0, 0.1) is 12.7 Å². The molecule has 2 aromatic heterocycles. The van der Waals surface area contributed by atoms with Gasteiger partial charge in [0.05, 0.1) is 9.86 Å². The highest BCUT2D eigenvalue weighted by Crippen LogP contribution is 2.31. The predicted octanol–water partition coefficient (Wildman–Crippen LogP) is 3.93. The Bertz CT molecular complexity index is 820. The van der Waals surface area contributed by atoms with Crippen molar-refractivity contribution >= 4 is 54.9 Å². The van der Waals surface area contributed by atoms with E-state index in [4.69, 9.17) is 5.84 Å². The third-order valence-corrected chi connectivity index (χ3v) is 4.41. The Kier molecular flexibility index (Phi) is 3.75. The molecule has 0 saturated carbocycles. The predicted molar refractivity (Wildman–Crippen MR) is 87.3 cm³/mol. The molecule has 21 heavy (non-hydrogen) atoms. The second-order valence-electron chi connectivity index (χ2n) is 4.37. The lowest BCUT2D eigenvalue weighted by Gasteiger charge is -2.09. The third-order valence-electron chi connectivity index (χ3n) is 2.83. The molecule has 0 saturated heterocycles. The van der Waals surface area contributed by atoms with Gasteiger partial charge in [-0.3, -0.25) is 5.43 Å². The number of nitrogen functional groups attached to an aromatic ring is 1. The Labute approximate surface area is 132 Å². The van der Waals surface area contributed by atoms with E-state index in [0.717, 1.165) is 15.1 Å². The number of nitrogens with one attached hydrogen (secondary N) is 2. The molecular weight excluding hydrogens is 357 g/mol. The first-order valence-electron chi connectivity index (χ1n) is 6.03. The number of nitrogens with two attached hydrogens (primary N) is 1. The number of hydrogen-bond donors (Lipinski definition) is 3. The van der Waals surface area contributed by atoms with Crippen LogP contribution in [0.5, 0.6) is 0 Å². The van der Waals surface area contributed by atoms with Crippen LogP contribution in [0.1, 0.15) is 4.88 Å². The molecule has 0 aliphatic carbocycles. The lowest BCUT2D eigenvalue weighted by molar-refractivity contribution is 0.622. The van der Waals surface area contributed by atoms with Gasteiger partial charge in [0.25, 0.3) is 0 Å². The summed E-state index contributed by atoms with van der Waals surface area (Å²) < 4.78 is 14.0. The van der Waals surface area contributed by atoms with Gasteiger partial charge in [0.15, 0.2) is 0 Å². The molecule has 4 N–H and O–H groups in total. The number of aryl methyl sites for hydroxylation is 1. The van der Waals surface area contributed by atoms with Crippen LogP contribution in [0.2, 0.25) is 0 Å². The van der Waals surface area contributed by atoms with E-state index >= 15 is 0 Å². The minimum Gasteiger partial charge on any atom is -0.339 e. The van der Waals surface area contributed by atoms with Gasteiger partial charge in [-0.2, -0.15) is 4.98 Å². The SMILES string of the molecule is Cc1cc2c(Nc3ccc(Br)c(F)c3)nc(NN)nc2s1. The van der Waals surface area contributed by atoms with Crippen molar-refractivity contribution in [1.29, 1.82) is 0 Å². The Morgan fingerprint density at radius 3 is 2.81 bits per heavy atom. The molecule has 1 aromatic carbocycles. The minimum atomic E-state index is -0.344. The molecule has 5 nitrogen and oxygen atoms in total. The normalized spacial score (nSPS) is 10.9. The number of thiophene rings is 1. The molecule has 108 valence electrons. The Hall–Kier alpha value is -1.77. The van der Waals surface area contributed by atoms with Gasteiger partial charge in [0, 0.05) is 10.6 Å². The van der Waals surface area contributed by atoms with E-state index in [9.17, 15) is 4.39 Å². The van der Waals surface area contributed by atoms with Crippen molar-refractivity contribution in [3.8, 4) is 0 Å². The minimum absolute atomic E-state index is 0.310. The average molecular weight is 368 g/mol. The lowest BCUT2D eigenvalue weighted by atomic mass is 10.3. The zero-order valence-electron chi connectivity index (χ0n) is 10.9. The summed E-state index contributed by atoms with van der Waals surface area (Å²) in [7, 11) is 0. The van der Waals surface area contributed by atoms with Crippen molar-refractivity contribution in [2.75, 3.05) is 10.7 Å². The largest absolute Gasteiger partial charge is 0.339 e. The van der Waals surface area contributed by atoms with Crippen LogP contribution in [-0.2, 0) is 0 Å². The molecule has 0 atom stereocenters. The number of rotatable bonds is 3. The van der Waals surface area contributed by atoms with Crippen LogP contribution in [0.25, 0.3) is 10.2 Å². The summed E-state index contributed by atoms with van der Waals surface area (Å²) in [6, 6.07) is 6.78. The third kappa shape index (κ3) is 2.82. The fraction of sp³-hybridized carbons (Fsp3) is 0.0769. The summed E-state index contributed by atoms with van der Waals surface area (Å²) >= 11 is 4.67. The monoisotopic (exact) mass is 367 g/mol. The topological polar surface area (TPSA) is 75.9 Å². The summed E-state index contributed by atoms with van der Waals surface area (Å²) in [6.45, 7) is 1.99. The van der Waals surface area contributed by atoms with E-state index in [-0.39, 0.29) is 5.82 Å². The summed E-state index contributed by atoms with van der Waals surface area (Å²) in [4.78, 5) is 10.5. The number of nitrogens with zero attached hydrogens (tertiary/aromatic N) is 2. The van der Waals surface area contributed by atoms with E-state index in [2.05, 4.69) is 36.6 Å². The molecule has 0 radical (unpaired) electrons. The van der Waals surface area contributed by atoms with Gasteiger partial charge in [0.2, 0.25) is 5.95 Å². The molecule has 0 aliphatic heterocycles. The van der Waals surface area contributed by atoms with E-state index in [1.165, 1.54) is 6.07 Å². The van der Waals surface area contributed by atoms with Crippen LogP contribution in [-0.4, -0.2) is 9.97 Å². The standard InChI is InChI=1S/C13H11BrFN5S/c1-6-4-8-11(18-13(20-16)19-12(8)21-6)17-7-2-3-9(14)10(15)5-7/h2-5H,16H2,1H3,(H2,17,18,19,20). The van der Waals surface area contributed by atoms with Gasteiger partial charge < -0.3 is 5.32 Å². The van der Waals surface area contributed by atoms with Gasteiger partial charge in [-0.15, -0.1) is 11.3 Å². The second-order valence-corrected chi connectivity index (χ2v) is 6.46. The molecule has 0 amide bonds. The van der Waals surface area contributed by atoms with Crippen LogP contribution in [0.3, 0.4) is 0 Å². The fourth-order valence-corrected chi connectivity index (χ4v) is 3.04. The van der Waals surface area contributed by atoms with Crippen LogP contribution in [0.4, 0.5) is 21.8 Å². The summed E-state index contributed by atoms with van der Waals surface area (Å²) in [6.07, 6.45) is 0. The molecule has 0 unspecified atom stereocenters. The van der Waals surface area contributed by atoms with E-state index in [1.54, 1.807) is 23.5 Å². The number of benzene rings is 1. The number of hydrazine groups is 1. The number of halogens is 2. The van der Waals surface area contributed by atoms with E-state index in [0.29, 0.717) is 21.9 Å². The molecule has 8 heteroatoms. The van der Waals surface area contributed by atoms with Crippen molar-refractivity contribution < 1.29 is 4.39 Å². The zero-order chi connectivity index (χ0) is 15.0. The Morgan fingerprint density at radius 1 is 1.29 bits per heavy atom. The highest BCUT2D eigenvalue weighted by Gasteiger charge is 2.11. The first kappa shape index (κ1) is 14.2. The van der Waals surface area contributed by atoms with Gasteiger partial charge in [-0.05, 0) is 47.1 Å². The second kappa shape index (κ2) is 5.55. The van der Waals surface area contributed by atoms with Gasteiger partial charge in [0.1, 0.15) is 16.5 Å². The highest BCUT2D eigenvalue weighted by molar-refractivity contribution is 9.10. The summed E-state index contributed by atoms with van der Waals surface area (Å²) in [5.74, 6) is 5.94. The van der Waals surface area contributed by atoms with Crippen molar-refractivity contribution in [1.82, 2.24) is 9.97 Å². The number of aromatic nitrogens is 2. The molecule has 3 rings (SSSR count). The Morgan fingerprint density at radius 2 is 2.10 bits per heavy atom. The van der Waals surface area contributed by atoms with E-state index in [1.807, 2.05) is 13.0 Å². The van der Waals surface area contributed by atoms with Crippen molar-refractivity contribution in [3.63, 3.8) is 0 Å². The van der Waals surface area contributed by atoms with Crippen LogP contribution >= 0.6 is 27.3 Å². The molecule has 0 spiro atoms. The molecule has 0 fully saturated rings. The first-order valence-corrected chi connectivity index (χ1v) is 7.64. The van der Waals surface area contributed by atoms with Gasteiger partial charge in [-0.25, -0.2) is 15.2 Å². The van der Waals surface area contributed by atoms with E-state index < -0.39 is 0 Å². The molecule has 0 bridgehead atoms. The van der Waals surface area contributed by atoms with Crippen molar-refractivity contribution in [2.45, 2.75) is 6.92 Å². The summed E-state index contributed by atoms with van der Waals surface area (Å²) in [5.41, 5.74) is 3.04. The van der Waals surface area contributed by atoms with Crippen LogP contribution in [0.15, 0.2) is 28.7 Å². The van der Waals surface area contributed by atoms with Crippen molar-refractivity contribution in [2.24, 2.45) is 5.84 Å². The molecule has 2 heterocycles. The van der Waals surface area contributed by atoms with Crippen molar-refractivity contribution in [3.05, 3.63) is 39.4 Å². The quantitative estimate of drug-likeness (QED) is 0.483. The highest BCUT2D eigenvalue weighted by atomic mass is 79.9. The first-order chi connectivity index (χ1) is 10.1. The maximum Gasteiger partial charge on any atom is 0.240 e. The maximum atomic E-state index is 13.6. The van der Waals surface area contributed by atoms with Crippen LogP contribution < -0.4 is 16.6 Å². The fourth-order valence-electron chi connectivity index (χ4n) is 1.91. The number of anilines is 3. The van der Waals surface area contributed by atoms with Gasteiger partial charge >= 0.3 is 0 Å².